The zero-order valence-electron chi connectivity index (χ0n) is 28.5. The molecule has 0 radical (unpaired) electrons. The summed E-state index contributed by atoms with van der Waals surface area (Å²) >= 11 is 0. The van der Waals surface area contributed by atoms with Crippen molar-refractivity contribution in [2.24, 2.45) is 0 Å². The minimum absolute atomic E-state index is 0.0177. The van der Waals surface area contributed by atoms with Gasteiger partial charge in [0.05, 0.1) is 23.8 Å². The number of hydrogen-bond acceptors (Lipinski definition) is 4. The third kappa shape index (κ3) is 3.47. The second-order valence-electron chi connectivity index (χ2n) is 14.6. The Hall–Kier alpha value is -6.98. The van der Waals surface area contributed by atoms with Crippen LogP contribution in [0.1, 0.15) is 0 Å². The van der Waals surface area contributed by atoms with E-state index in [1.807, 2.05) is 36.9 Å². The number of nitrogens with zero attached hydrogens (tertiary/aromatic N) is 4. The smallest absolute Gasteiger partial charge is 0.252 e. The fourth-order valence-corrected chi connectivity index (χ4v) is 10.0. The van der Waals surface area contributed by atoms with Gasteiger partial charge in [0.25, 0.3) is 6.71 Å². The van der Waals surface area contributed by atoms with E-state index in [9.17, 15) is 0 Å². The first-order valence-corrected chi connectivity index (χ1v) is 18.3. The maximum Gasteiger partial charge on any atom is 0.252 e. The summed E-state index contributed by atoms with van der Waals surface area (Å²) in [6.45, 7) is -0.0177. The van der Waals surface area contributed by atoms with Crippen molar-refractivity contribution in [3.05, 3.63) is 164 Å². The van der Waals surface area contributed by atoms with Crippen molar-refractivity contribution < 1.29 is 0 Å². The molecule has 9 aromatic carbocycles. The van der Waals surface area contributed by atoms with Crippen LogP contribution in [0.4, 0.5) is 34.1 Å². The highest BCUT2D eigenvalue weighted by Gasteiger charge is 2.45. The second-order valence-corrected chi connectivity index (χ2v) is 14.6. The van der Waals surface area contributed by atoms with Crippen molar-refractivity contribution in [1.82, 2.24) is 9.97 Å². The van der Waals surface area contributed by atoms with Crippen LogP contribution >= 0.6 is 0 Å². The Morgan fingerprint density at radius 1 is 0.396 bits per heavy atom. The summed E-state index contributed by atoms with van der Waals surface area (Å²) in [6, 6.07) is 52.1. The topological polar surface area (TPSA) is 32.3 Å². The van der Waals surface area contributed by atoms with Crippen molar-refractivity contribution in [3.63, 3.8) is 0 Å². The minimum Gasteiger partial charge on any atom is -0.309 e. The van der Waals surface area contributed by atoms with Crippen molar-refractivity contribution in [3.8, 4) is 0 Å². The molecule has 13 rings (SSSR count). The van der Waals surface area contributed by atoms with Gasteiger partial charge in [0, 0.05) is 45.9 Å². The lowest BCUT2D eigenvalue weighted by molar-refractivity contribution is 1.22. The van der Waals surface area contributed by atoms with Crippen LogP contribution in [0.3, 0.4) is 0 Å². The first-order chi connectivity index (χ1) is 26.3. The van der Waals surface area contributed by atoms with Crippen molar-refractivity contribution in [1.29, 1.82) is 0 Å². The molecule has 242 valence electrons. The summed E-state index contributed by atoms with van der Waals surface area (Å²) in [4.78, 5) is 14.3. The van der Waals surface area contributed by atoms with Gasteiger partial charge in [0.1, 0.15) is 0 Å². The van der Waals surface area contributed by atoms with E-state index in [1.54, 1.807) is 0 Å². The molecular formula is C48H27BN4. The number of pyridine rings is 2. The van der Waals surface area contributed by atoms with E-state index in [0.717, 1.165) is 11.4 Å². The molecule has 0 N–H and O–H groups in total. The monoisotopic (exact) mass is 670 g/mol. The summed E-state index contributed by atoms with van der Waals surface area (Å²) in [5.41, 5.74) is 10.8. The van der Waals surface area contributed by atoms with Gasteiger partial charge in [-0.3, -0.25) is 9.97 Å². The summed E-state index contributed by atoms with van der Waals surface area (Å²) < 4.78 is 0. The molecule has 0 spiro atoms. The highest BCUT2D eigenvalue weighted by molar-refractivity contribution is 7.01. The average molecular weight is 671 g/mol. The Balaban J connectivity index is 1.24. The standard InChI is InChI=1S/C48H27BN4/c1-6-28-14-16-32-24-38-47(36-20-18-30(8-1)42(28)44(32)36)52(34-10-4-22-50-26-34)40-12-3-13-41-46(40)49(38)39-25-33-17-15-29-7-2-9-31-19-21-37(45(33)43(29)31)48(39)53(41)35-11-5-23-51-27-35/h1-27H. The van der Waals surface area contributed by atoms with Gasteiger partial charge >= 0.3 is 0 Å². The van der Waals surface area contributed by atoms with Gasteiger partial charge < -0.3 is 9.80 Å². The number of benzene rings is 9. The third-order valence-electron chi connectivity index (χ3n) is 12.0. The molecule has 0 aliphatic carbocycles. The molecule has 5 heteroatoms. The molecule has 2 aliphatic rings. The van der Waals surface area contributed by atoms with Gasteiger partial charge in [-0.2, -0.15) is 0 Å². The molecule has 0 fully saturated rings. The number of anilines is 6. The summed E-state index contributed by atoms with van der Waals surface area (Å²) in [5, 5.41) is 15.4. The van der Waals surface area contributed by atoms with Crippen LogP contribution in [-0.2, 0) is 0 Å². The van der Waals surface area contributed by atoms with Crippen LogP contribution in [-0.4, -0.2) is 16.7 Å². The predicted molar refractivity (Wildman–Crippen MR) is 223 cm³/mol. The Morgan fingerprint density at radius 3 is 1.28 bits per heavy atom. The van der Waals surface area contributed by atoms with Crippen LogP contribution in [0.2, 0.25) is 0 Å². The number of aromatic nitrogens is 2. The molecule has 53 heavy (non-hydrogen) atoms. The lowest BCUT2D eigenvalue weighted by atomic mass is 9.33. The quantitative estimate of drug-likeness (QED) is 0.135. The number of hydrogen-bond donors (Lipinski definition) is 0. The molecule has 4 heterocycles. The highest BCUT2D eigenvalue weighted by atomic mass is 15.2. The van der Waals surface area contributed by atoms with E-state index >= 15 is 0 Å². The van der Waals surface area contributed by atoms with Gasteiger partial charge in [0.2, 0.25) is 0 Å². The van der Waals surface area contributed by atoms with E-state index in [1.165, 1.54) is 104 Å². The van der Waals surface area contributed by atoms with Gasteiger partial charge in [-0.05, 0) is 107 Å². The lowest BCUT2D eigenvalue weighted by Gasteiger charge is -2.45. The first-order valence-electron chi connectivity index (χ1n) is 18.3. The van der Waals surface area contributed by atoms with Crippen LogP contribution < -0.4 is 26.2 Å². The Kier molecular flexibility index (Phi) is 5.16. The van der Waals surface area contributed by atoms with Crippen molar-refractivity contribution in [2.75, 3.05) is 9.80 Å². The molecule has 4 nitrogen and oxygen atoms in total. The molecule has 11 aromatic rings. The van der Waals surface area contributed by atoms with E-state index in [2.05, 4.69) is 147 Å². The molecule has 0 atom stereocenters. The maximum absolute atomic E-state index is 4.66. The highest BCUT2D eigenvalue weighted by Crippen LogP contribution is 2.50. The second kappa shape index (κ2) is 9.87. The van der Waals surface area contributed by atoms with E-state index in [4.69, 9.17) is 0 Å². The number of rotatable bonds is 2. The number of fused-ring (bicyclic) bond motifs is 6. The maximum atomic E-state index is 4.66. The van der Waals surface area contributed by atoms with Crippen LogP contribution in [0.5, 0.6) is 0 Å². The fraction of sp³-hybridized carbons (Fsp3) is 0. The largest absolute Gasteiger partial charge is 0.309 e. The molecule has 0 bridgehead atoms. The predicted octanol–water partition coefficient (Wildman–Crippen LogP) is 10.4. The molecule has 0 unspecified atom stereocenters. The normalized spacial score (nSPS) is 13.5. The molecule has 0 saturated carbocycles. The van der Waals surface area contributed by atoms with Gasteiger partial charge in [0.15, 0.2) is 0 Å². The van der Waals surface area contributed by atoms with E-state index < -0.39 is 0 Å². The van der Waals surface area contributed by atoms with Crippen LogP contribution in [0.25, 0.3) is 64.6 Å². The molecular weight excluding hydrogens is 643 g/mol. The van der Waals surface area contributed by atoms with Crippen molar-refractivity contribution >= 4 is 122 Å². The molecule has 2 aliphatic heterocycles. The van der Waals surface area contributed by atoms with Gasteiger partial charge in [-0.1, -0.05) is 103 Å². The van der Waals surface area contributed by atoms with Crippen LogP contribution in [0, 0.1) is 0 Å². The van der Waals surface area contributed by atoms with E-state index in [0.29, 0.717) is 0 Å². The fourth-order valence-electron chi connectivity index (χ4n) is 10.0. The van der Waals surface area contributed by atoms with Crippen LogP contribution in [0.15, 0.2) is 164 Å². The minimum atomic E-state index is -0.0177. The molecule has 2 aromatic heterocycles. The molecule has 0 amide bonds. The lowest BCUT2D eigenvalue weighted by Crippen LogP contribution is -2.61. The zero-order chi connectivity index (χ0) is 34.4. The Bertz CT molecular complexity index is 3060. The summed E-state index contributed by atoms with van der Waals surface area (Å²) in [7, 11) is 0. The summed E-state index contributed by atoms with van der Waals surface area (Å²) in [6.07, 6.45) is 7.73. The Morgan fingerprint density at radius 2 is 0.830 bits per heavy atom. The molecule has 0 saturated heterocycles. The summed E-state index contributed by atoms with van der Waals surface area (Å²) in [5.74, 6) is 0. The Labute approximate surface area is 304 Å². The van der Waals surface area contributed by atoms with Crippen molar-refractivity contribution in [2.45, 2.75) is 0 Å². The van der Waals surface area contributed by atoms with Gasteiger partial charge in [-0.25, -0.2) is 0 Å². The first kappa shape index (κ1) is 27.7. The third-order valence-corrected chi connectivity index (χ3v) is 12.0. The van der Waals surface area contributed by atoms with E-state index in [-0.39, 0.29) is 6.71 Å². The zero-order valence-corrected chi connectivity index (χ0v) is 28.5. The average Bonchev–Trinajstić information content (AvgIpc) is 3.22. The van der Waals surface area contributed by atoms with Gasteiger partial charge in [-0.15, -0.1) is 0 Å². The SMILES string of the molecule is c1cncc(N2c3cccc4c3B(c3cc5ccc6cccc7ccc(c32)c5c67)c2cc3ccc5cccc6ccc(c2N4c2cccnc2)c3c56)c1.